The Hall–Kier alpha value is -2.29. The van der Waals surface area contributed by atoms with Crippen LogP contribution in [0.15, 0.2) is 60.8 Å². The molecule has 0 spiro atoms. The Morgan fingerprint density at radius 2 is 0.838 bits per heavy atom. The molecular formula is C58H106NO8P. The van der Waals surface area contributed by atoms with Crippen LogP contribution >= 0.6 is 7.82 Å². The van der Waals surface area contributed by atoms with E-state index in [0.717, 1.165) is 83.5 Å². The lowest BCUT2D eigenvalue weighted by molar-refractivity contribution is -0.870. The lowest BCUT2D eigenvalue weighted by Crippen LogP contribution is -2.37. The number of carbonyl (C=O) groups is 2. The number of quaternary nitrogens is 1. The van der Waals surface area contributed by atoms with Gasteiger partial charge in [0, 0.05) is 12.8 Å². The predicted molar refractivity (Wildman–Crippen MR) is 287 cm³/mol. The van der Waals surface area contributed by atoms with Gasteiger partial charge in [-0.05, 0) is 77.0 Å². The summed E-state index contributed by atoms with van der Waals surface area (Å²) in [7, 11) is 1.16. The quantitative estimate of drug-likeness (QED) is 0.0195. The van der Waals surface area contributed by atoms with Gasteiger partial charge in [-0.3, -0.25) is 14.2 Å². The highest BCUT2D eigenvalue weighted by molar-refractivity contribution is 7.45. The van der Waals surface area contributed by atoms with Crippen LogP contribution in [0.1, 0.15) is 245 Å². The number of phosphoric acid groups is 1. The smallest absolute Gasteiger partial charge is 0.306 e. The number of esters is 2. The fraction of sp³-hybridized carbons (Fsp3) is 0.793. The van der Waals surface area contributed by atoms with E-state index in [1.54, 1.807) is 0 Å². The number of rotatable bonds is 51. The van der Waals surface area contributed by atoms with E-state index >= 15 is 0 Å². The van der Waals surface area contributed by atoms with Gasteiger partial charge >= 0.3 is 11.9 Å². The summed E-state index contributed by atoms with van der Waals surface area (Å²) < 4.78 is 34.1. The molecule has 9 nitrogen and oxygen atoms in total. The molecule has 0 saturated carbocycles. The Morgan fingerprint density at radius 3 is 1.26 bits per heavy atom. The lowest BCUT2D eigenvalue weighted by Gasteiger charge is -2.28. The molecule has 10 heteroatoms. The molecule has 2 unspecified atom stereocenters. The molecule has 0 aromatic rings. The van der Waals surface area contributed by atoms with Gasteiger partial charge in [-0.2, -0.15) is 0 Å². The number of carbonyl (C=O) groups excluding carboxylic acids is 2. The summed E-state index contributed by atoms with van der Waals surface area (Å²) in [5.41, 5.74) is 0. The minimum absolute atomic E-state index is 0.0321. The molecule has 0 aliphatic carbocycles. The van der Waals surface area contributed by atoms with Gasteiger partial charge in [0.05, 0.1) is 27.7 Å². The van der Waals surface area contributed by atoms with Crippen molar-refractivity contribution in [3.8, 4) is 0 Å². The van der Waals surface area contributed by atoms with Crippen LogP contribution < -0.4 is 4.89 Å². The van der Waals surface area contributed by atoms with Crippen molar-refractivity contribution in [3.05, 3.63) is 60.8 Å². The first-order chi connectivity index (χ1) is 33.0. The minimum atomic E-state index is -4.63. The van der Waals surface area contributed by atoms with Gasteiger partial charge in [0.1, 0.15) is 19.8 Å². The average molecular weight is 976 g/mol. The van der Waals surface area contributed by atoms with Crippen molar-refractivity contribution >= 4 is 19.8 Å². The highest BCUT2D eigenvalue weighted by Crippen LogP contribution is 2.38. The fourth-order valence-corrected chi connectivity index (χ4v) is 8.43. The Labute approximate surface area is 419 Å². The van der Waals surface area contributed by atoms with Gasteiger partial charge in [0.15, 0.2) is 6.10 Å². The summed E-state index contributed by atoms with van der Waals surface area (Å²) in [5.74, 6) is -0.838. The summed E-state index contributed by atoms with van der Waals surface area (Å²) >= 11 is 0. The zero-order valence-corrected chi connectivity index (χ0v) is 45.7. The van der Waals surface area contributed by atoms with Crippen LogP contribution in [0.25, 0.3) is 0 Å². The van der Waals surface area contributed by atoms with Crippen molar-refractivity contribution in [1.29, 1.82) is 0 Å². The summed E-state index contributed by atoms with van der Waals surface area (Å²) in [6.45, 7) is 4.11. The minimum Gasteiger partial charge on any atom is -0.756 e. The predicted octanol–water partition coefficient (Wildman–Crippen LogP) is 16.5. The van der Waals surface area contributed by atoms with Crippen LogP contribution in [0.3, 0.4) is 0 Å². The van der Waals surface area contributed by atoms with Crippen LogP contribution in [-0.2, 0) is 32.7 Å². The molecule has 0 bridgehead atoms. The van der Waals surface area contributed by atoms with Gasteiger partial charge in [0.2, 0.25) is 0 Å². The molecule has 0 radical (unpaired) electrons. The second kappa shape index (κ2) is 49.7. The topological polar surface area (TPSA) is 111 Å². The molecule has 0 N–H and O–H groups in total. The Kier molecular flexibility index (Phi) is 48.0. The van der Waals surface area contributed by atoms with Crippen molar-refractivity contribution in [2.75, 3.05) is 47.5 Å². The number of ether oxygens (including phenoxy) is 2. The summed E-state index contributed by atoms with van der Waals surface area (Å²) in [6.07, 6.45) is 62.7. The van der Waals surface area contributed by atoms with Crippen molar-refractivity contribution in [2.24, 2.45) is 0 Å². The molecule has 68 heavy (non-hydrogen) atoms. The maximum absolute atomic E-state index is 12.8. The van der Waals surface area contributed by atoms with Gasteiger partial charge in [-0.1, -0.05) is 216 Å². The van der Waals surface area contributed by atoms with Gasteiger partial charge in [0.25, 0.3) is 7.82 Å². The van der Waals surface area contributed by atoms with Crippen LogP contribution in [0, 0.1) is 0 Å². The monoisotopic (exact) mass is 976 g/mol. The molecule has 0 aliphatic heterocycles. The summed E-state index contributed by atoms with van der Waals surface area (Å²) in [6, 6.07) is 0. The van der Waals surface area contributed by atoms with E-state index in [2.05, 4.69) is 74.6 Å². The Morgan fingerprint density at radius 1 is 0.471 bits per heavy atom. The number of allylic oxidation sites excluding steroid dienone is 10. The van der Waals surface area contributed by atoms with Gasteiger partial charge in [-0.15, -0.1) is 0 Å². The Balaban J connectivity index is 4.05. The normalized spacial score (nSPS) is 13.8. The molecule has 0 aromatic heterocycles. The molecule has 0 aromatic carbocycles. The molecule has 2 atom stereocenters. The molecule has 0 aliphatic rings. The molecule has 0 fully saturated rings. The second-order valence-electron chi connectivity index (χ2n) is 19.9. The van der Waals surface area contributed by atoms with Crippen molar-refractivity contribution in [2.45, 2.75) is 251 Å². The standard InChI is InChI=1S/C58H106NO8P/c1-6-8-10-12-14-16-18-20-21-22-23-24-25-26-27-28-29-30-31-32-33-34-35-36-37-39-41-43-45-47-49-51-58(61)67-56(55-66-68(62,63)65-53-52-59(3,4)5)54-64-57(60)50-48-46-44-42-40-38-19-17-15-13-11-9-7-2/h8,10,14,16-17,19-21,23-24,56H,6-7,9,11-13,15,18,22,25-55H2,1-5H3/b10-8-,16-14-,19-17-,21-20-,24-23-. The first kappa shape index (κ1) is 65.7. The molecule has 396 valence electrons. The number of hydrogen-bond acceptors (Lipinski definition) is 8. The van der Waals surface area contributed by atoms with E-state index in [9.17, 15) is 19.0 Å². The number of likely N-dealkylation sites (N-methyl/N-ethyl adjacent to an activating group) is 1. The van der Waals surface area contributed by atoms with Crippen LogP contribution in [-0.4, -0.2) is 70.0 Å². The van der Waals surface area contributed by atoms with Crippen molar-refractivity contribution in [3.63, 3.8) is 0 Å². The maximum Gasteiger partial charge on any atom is 0.306 e. The zero-order valence-electron chi connectivity index (χ0n) is 44.8. The van der Waals surface area contributed by atoms with E-state index < -0.39 is 32.5 Å². The van der Waals surface area contributed by atoms with E-state index in [0.29, 0.717) is 17.4 Å². The second-order valence-corrected chi connectivity index (χ2v) is 21.3. The number of nitrogens with zero attached hydrogens (tertiary/aromatic N) is 1. The third kappa shape index (κ3) is 53.1. The lowest BCUT2D eigenvalue weighted by atomic mass is 10.0. The van der Waals surface area contributed by atoms with E-state index in [-0.39, 0.29) is 26.1 Å². The Bertz CT molecular complexity index is 1340. The summed E-state index contributed by atoms with van der Waals surface area (Å²) in [5, 5.41) is 0. The van der Waals surface area contributed by atoms with Crippen LogP contribution in [0.4, 0.5) is 0 Å². The molecule has 0 saturated heterocycles. The van der Waals surface area contributed by atoms with Crippen molar-refractivity contribution in [1.82, 2.24) is 0 Å². The van der Waals surface area contributed by atoms with Gasteiger partial charge in [-0.25, -0.2) is 0 Å². The molecule has 0 rings (SSSR count). The van der Waals surface area contributed by atoms with E-state index in [1.165, 1.54) is 128 Å². The average Bonchev–Trinajstić information content (AvgIpc) is 3.30. The summed E-state index contributed by atoms with van der Waals surface area (Å²) in [4.78, 5) is 37.7. The first-order valence-corrected chi connectivity index (χ1v) is 29.5. The van der Waals surface area contributed by atoms with E-state index in [4.69, 9.17) is 18.5 Å². The third-order valence-electron chi connectivity index (χ3n) is 12.0. The zero-order chi connectivity index (χ0) is 49.9. The highest BCUT2D eigenvalue weighted by Gasteiger charge is 2.21. The largest absolute Gasteiger partial charge is 0.756 e. The number of hydrogen-bond donors (Lipinski definition) is 0. The van der Waals surface area contributed by atoms with Crippen molar-refractivity contribution < 1.29 is 42.1 Å². The van der Waals surface area contributed by atoms with Gasteiger partial charge < -0.3 is 27.9 Å². The fourth-order valence-electron chi connectivity index (χ4n) is 7.70. The van der Waals surface area contributed by atoms with E-state index in [1.807, 2.05) is 21.1 Å². The van der Waals surface area contributed by atoms with Crippen LogP contribution in [0.5, 0.6) is 0 Å². The third-order valence-corrected chi connectivity index (χ3v) is 13.0. The SMILES string of the molecule is CC/C=C\C/C=C\C/C=C\C/C=C\CCCCCCCCCCCCCCCCCCCCC(=O)OC(COC(=O)CCCCCCC/C=C\CCCCCC)COP(=O)([O-])OCC[N+](C)(C)C. The molecular weight excluding hydrogens is 870 g/mol. The first-order valence-electron chi connectivity index (χ1n) is 28.0. The number of unbranched alkanes of at least 4 members (excludes halogenated alkanes) is 27. The van der Waals surface area contributed by atoms with Crippen LogP contribution in [0.2, 0.25) is 0 Å². The molecule has 0 amide bonds. The highest BCUT2D eigenvalue weighted by atomic mass is 31.2. The number of phosphoric ester groups is 1. The maximum atomic E-state index is 12.8. The molecule has 0 heterocycles.